The third-order valence-corrected chi connectivity index (χ3v) is 8.00. The van der Waals surface area contributed by atoms with E-state index < -0.39 is 0 Å². The first-order chi connectivity index (χ1) is 14.6. The molecule has 0 spiro atoms. The number of nitrogens with zero attached hydrogens (tertiary/aromatic N) is 4. The van der Waals surface area contributed by atoms with E-state index in [1.165, 1.54) is 31.0 Å². The summed E-state index contributed by atoms with van der Waals surface area (Å²) in [5.74, 6) is 3.46. The van der Waals surface area contributed by atoms with Gasteiger partial charge in [-0.2, -0.15) is 5.26 Å². The topological polar surface area (TPSA) is 85.7 Å². The highest BCUT2D eigenvalue weighted by Gasteiger charge is 2.54. The fourth-order valence-corrected chi connectivity index (χ4v) is 7.10. The van der Waals surface area contributed by atoms with E-state index in [0.29, 0.717) is 29.7 Å². The SMILES string of the molecule is N#CCCN(C(=O)CSc1n[nH]c(-c2ccccc2)n1)C12CC3CC(CC(C3)C1)C2. The Bertz CT molecular complexity index is 915. The number of benzene rings is 1. The zero-order chi connectivity index (χ0) is 20.6. The number of carbonyl (C=O) groups excluding carboxylic acids is 1. The van der Waals surface area contributed by atoms with Crippen LogP contribution in [0.2, 0.25) is 0 Å². The molecular formula is C23H27N5OS. The average molecular weight is 422 g/mol. The number of hydrogen-bond acceptors (Lipinski definition) is 5. The van der Waals surface area contributed by atoms with Crippen LogP contribution in [-0.2, 0) is 4.79 Å². The third kappa shape index (κ3) is 3.74. The number of amides is 1. The van der Waals surface area contributed by atoms with Gasteiger partial charge < -0.3 is 4.90 Å². The molecule has 4 bridgehead atoms. The van der Waals surface area contributed by atoms with Gasteiger partial charge in [0.1, 0.15) is 0 Å². The van der Waals surface area contributed by atoms with Crippen LogP contribution in [-0.4, -0.2) is 43.8 Å². The molecule has 2 aromatic rings. The number of carbonyl (C=O) groups is 1. The molecule has 0 aliphatic heterocycles. The normalized spacial score (nSPS) is 29.0. The fourth-order valence-electron chi connectivity index (χ4n) is 6.42. The predicted octanol–water partition coefficient (Wildman–Crippen LogP) is 4.27. The van der Waals surface area contributed by atoms with Crippen molar-refractivity contribution in [3.63, 3.8) is 0 Å². The van der Waals surface area contributed by atoms with E-state index in [2.05, 4.69) is 26.2 Å². The molecule has 1 N–H and O–H groups in total. The molecule has 7 heteroatoms. The molecule has 30 heavy (non-hydrogen) atoms. The number of rotatable bonds is 7. The Balaban J connectivity index is 1.28. The van der Waals surface area contributed by atoms with Crippen molar-refractivity contribution in [2.75, 3.05) is 12.3 Å². The highest BCUT2D eigenvalue weighted by atomic mass is 32.2. The van der Waals surface area contributed by atoms with Gasteiger partial charge >= 0.3 is 0 Å². The van der Waals surface area contributed by atoms with Crippen molar-refractivity contribution in [3.05, 3.63) is 30.3 Å². The highest BCUT2D eigenvalue weighted by Crippen LogP contribution is 2.57. The second-order valence-corrected chi connectivity index (χ2v) is 10.2. The lowest BCUT2D eigenvalue weighted by Crippen LogP contribution is -2.62. The van der Waals surface area contributed by atoms with Crippen molar-refractivity contribution >= 4 is 17.7 Å². The summed E-state index contributed by atoms with van der Waals surface area (Å²) in [7, 11) is 0. The van der Waals surface area contributed by atoms with Crippen LogP contribution >= 0.6 is 11.8 Å². The van der Waals surface area contributed by atoms with Gasteiger partial charge in [0, 0.05) is 17.6 Å². The van der Waals surface area contributed by atoms with Gasteiger partial charge in [0.25, 0.3) is 0 Å². The minimum absolute atomic E-state index is 0.0164. The number of nitriles is 1. The van der Waals surface area contributed by atoms with Crippen molar-refractivity contribution in [1.29, 1.82) is 5.26 Å². The summed E-state index contributed by atoms with van der Waals surface area (Å²) in [4.78, 5) is 20.0. The van der Waals surface area contributed by atoms with Crippen LogP contribution < -0.4 is 0 Å². The first-order valence-electron chi connectivity index (χ1n) is 10.9. The second-order valence-electron chi connectivity index (χ2n) is 9.22. The van der Waals surface area contributed by atoms with Crippen molar-refractivity contribution in [3.8, 4) is 17.5 Å². The van der Waals surface area contributed by atoms with Gasteiger partial charge in [0.05, 0.1) is 18.2 Å². The van der Waals surface area contributed by atoms with E-state index in [0.717, 1.165) is 42.6 Å². The second kappa shape index (κ2) is 8.07. The van der Waals surface area contributed by atoms with Crippen LogP contribution in [0.5, 0.6) is 0 Å². The summed E-state index contributed by atoms with van der Waals surface area (Å²) in [6.07, 6.45) is 7.80. The summed E-state index contributed by atoms with van der Waals surface area (Å²) < 4.78 is 0. The maximum Gasteiger partial charge on any atom is 0.233 e. The zero-order valence-electron chi connectivity index (χ0n) is 17.1. The smallest absolute Gasteiger partial charge is 0.233 e. The van der Waals surface area contributed by atoms with Gasteiger partial charge in [-0.25, -0.2) is 4.98 Å². The van der Waals surface area contributed by atoms with E-state index in [1.807, 2.05) is 30.3 Å². The van der Waals surface area contributed by atoms with Crippen LogP contribution in [0.15, 0.2) is 35.5 Å². The minimum Gasteiger partial charge on any atom is -0.335 e. The lowest BCUT2D eigenvalue weighted by Gasteiger charge is -2.60. The van der Waals surface area contributed by atoms with Gasteiger partial charge in [0.15, 0.2) is 5.82 Å². The number of nitrogens with one attached hydrogen (secondary N) is 1. The Hall–Kier alpha value is -2.33. The summed E-state index contributed by atoms with van der Waals surface area (Å²) in [5.41, 5.74) is 0.963. The summed E-state index contributed by atoms with van der Waals surface area (Å²) in [6.45, 7) is 0.547. The van der Waals surface area contributed by atoms with E-state index in [4.69, 9.17) is 0 Å². The Labute approximate surface area is 181 Å². The summed E-state index contributed by atoms with van der Waals surface area (Å²) in [6, 6.07) is 12.1. The maximum atomic E-state index is 13.3. The molecule has 1 heterocycles. The summed E-state index contributed by atoms with van der Waals surface area (Å²) in [5, 5.41) is 17.0. The van der Waals surface area contributed by atoms with Gasteiger partial charge in [-0.15, -0.1) is 5.10 Å². The lowest BCUT2D eigenvalue weighted by molar-refractivity contribution is -0.147. The molecule has 0 saturated heterocycles. The lowest BCUT2D eigenvalue weighted by atomic mass is 9.52. The number of aromatic nitrogens is 3. The van der Waals surface area contributed by atoms with Crippen molar-refractivity contribution in [2.45, 2.75) is 55.6 Å². The zero-order valence-corrected chi connectivity index (χ0v) is 17.9. The van der Waals surface area contributed by atoms with Crippen LogP contribution in [0.25, 0.3) is 11.4 Å². The van der Waals surface area contributed by atoms with Crippen molar-refractivity contribution in [2.24, 2.45) is 17.8 Å². The molecule has 0 radical (unpaired) electrons. The molecule has 6 nitrogen and oxygen atoms in total. The molecular weight excluding hydrogens is 394 g/mol. The molecule has 4 aliphatic rings. The highest BCUT2D eigenvalue weighted by molar-refractivity contribution is 7.99. The largest absolute Gasteiger partial charge is 0.335 e. The number of thioether (sulfide) groups is 1. The first-order valence-corrected chi connectivity index (χ1v) is 11.9. The monoisotopic (exact) mass is 421 g/mol. The minimum atomic E-state index is -0.0164. The van der Waals surface area contributed by atoms with Gasteiger partial charge in [0.2, 0.25) is 11.1 Å². The number of hydrogen-bond donors (Lipinski definition) is 1. The molecule has 6 rings (SSSR count). The van der Waals surface area contributed by atoms with Gasteiger partial charge in [-0.1, -0.05) is 42.1 Å². The molecule has 156 valence electrons. The first kappa shape index (κ1) is 19.6. The van der Waals surface area contributed by atoms with Crippen LogP contribution in [0, 0.1) is 29.1 Å². The average Bonchev–Trinajstić information content (AvgIpc) is 3.21. The van der Waals surface area contributed by atoms with Crippen molar-refractivity contribution < 1.29 is 4.79 Å². The predicted molar refractivity (Wildman–Crippen MR) is 115 cm³/mol. The van der Waals surface area contributed by atoms with E-state index in [1.54, 1.807) is 0 Å². The molecule has 1 aromatic heterocycles. The Kier molecular flexibility index (Phi) is 5.28. The molecule has 4 aliphatic carbocycles. The number of aromatic amines is 1. The van der Waals surface area contributed by atoms with Crippen molar-refractivity contribution in [1.82, 2.24) is 20.1 Å². The number of H-pyrrole nitrogens is 1. The Morgan fingerprint density at radius 3 is 2.47 bits per heavy atom. The molecule has 4 saturated carbocycles. The fraction of sp³-hybridized carbons (Fsp3) is 0.565. The van der Waals surface area contributed by atoms with Crippen LogP contribution in [0.4, 0.5) is 0 Å². The van der Waals surface area contributed by atoms with E-state index in [-0.39, 0.29) is 11.4 Å². The summed E-state index contributed by atoms with van der Waals surface area (Å²) >= 11 is 1.38. The molecule has 4 fully saturated rings. The standard InChI is InChI=1S/C23H27N5OS/c24-7-4-8-28(23-12-16-9-17(13-23)11-18(10-16)14-23)20(29)15-30-22-25-21(26-27-22)19-5-2-1-3-6-19/h1-3,5-6,16-18H,4,8-15H2,(H,25,26,27). The van der Waals surface area contributed by atoms with Gasteiger partial charge in [-0.05, 0) is 56.3 Å². The van der Waals surface area contributed by atoms with E-state index in [9.17, 15) is 10.1 Å². The van der Waals surface area contributed by atoms with Crippen LogP contribution in [0.1, 0.15) is 44.9 Å². The molecule has 0 atom stereocenters. The Morgan fingerprint density at radius 2 is 1.83 bits per heavy atom. The van der Waals surface area contributed by atoms with E-state index >= 15 is 0 Å². The van der Waals surface area contributed by atoms with Crippen LogP contribution in [0.3, 0.4) is 0 Å². The van der Waals surface area contributed by atoms with Gasteiger partial charge in [-0.3, -0.25) is 9.89 Å². The Morgan fingerprint density at radius 1 is 1.17 bits per heavy atom. The molecule has 0 unspecified atom stereocenters. The molecule has 1 amide bonds. The third-order valence-electron chi connectivity index (χ3n) is 7.16. The molecule has 1 aromatic carbocycles. The maximum absolute atomic E-state index is 13.3. The quantitative estimate of drug-likeness (QED) is 0.675.